The molecule has 0 bridgehead atoms. The Morgan fingerprint density at radius 2 is 1.63 bits per heavy atom. The van der Waals surface area contributed by atoms with Crippen molar-refractivity contribution < 1.29 is 19.1 Å². The van der Waals surface area contributed by atoms with Crippen LogP contribution in [-0.2, 0) is 4.79 Å². The van der Waals surface area contributed by atoms with Crippen LogP contribution in [-0.4, -0.2) is 32.6 Å². The molecule has 0 radical (unpaired) electrons. The summed E-state index contributed by atoms with van der Waals surface area (Å²) in [6.07, 6.45) is 0. The van der Waals surface area contributed by atoms with E-state index in [0.717, 1.165) is 22.4 Å². The van der Waals surface area contributed by atoms with Crippen molar-refractivity contribution in [3.63, 3.8) is 0 Å². The van der Waals surface area contributed by atoms with E-state index in [0.29, 0.717) is 16.0 Å². The molecule has 0 atom stereocenters. The molecule has 0 aliphatic rings. The fraction of sp³-hybridized carbons (Fsp3) is 0.300. The Bertz CT molecular complexity index is 858. The van der Waals surface area contributed by atoms with Crippen LogP contribution in [0.5, 0.6) is 11.5 Å². The van der Waals surface area contributed by atoms with Crippen molar-refractivity contribution in [2.75, 3.05) is 26.1 Å². The maximum absolute atomic E-state index is 12.5. The number of benzene rings is 2. The third-order valence-electron chi connectivity index (χ3n) is 4.05. The van der Waals surface area contributed by atoms with Gasteiger partial charge in [0.15, 0.2) is 0 Å². The number of carbonyl (C=O) groups excluding carboxylic acids is 2. The van der Waals surface area contributed by atoms with Crippen LogP contribution < -0.4 is 20.1 Å². The molecule has 144 valence electrons. The van der Waals surface area contributed by atoms with E-state index in [2.05, 4.69) is 26.6 Å². The topological polar surface area (TPSA) is 76.7 Å². The fourth-order valence-corrected chi connectivity index (χ4v) is 3.48. The van der Waals surface area contributed by atoms with Gasteiger partial charge in [0.2, 0.25) is 5.91 Å². The molecule has 0 aliphatic carbocycles. The molecule has 0 unspecified atom stereocenters. The molecule has 0 heterocycles. The summed E-state index contributed by atoms with van der Waals surface area (Å²) < 4.78 is 11.0. The standard InChI is InChI=1S/C20H23BrN2O4/c1-11-6-12(2)18(13(3)7-11)23-17(24)10-22-20(25)15-8-14(26-4)9-16(21)19(15)27-5/h6-9H,10H2,1-5H3,(H,22,25)(H,23,24). The van der Waals surface area contributed by atoms with Crippen LogP contribution in [0, 0.1) is 20.8 Å². The van der Waals surface area contributed by atoms with Crippen molar-refractivity contribution in [3.05, 3.63) is 51.0 Å². The third kappa shape index (κ3) is 5.01. The number of rotatable bonds is 6. The largest absolute Gasteiger partial charge is 0.497 e. The summed E-state index contributed by atoms with van der Waals surface area (Å²) in [5.41, 5.74) is 4.13. The Kier molecular flexibility index (Phi) is 6.85. The number of methoxy groups -OCH3 is 2. The van der Waals surface area contributed by atoms with Crippen molar-refractivity contribution >= 4 is 33.4 Å². The van der Waals surface area contributed by atoms with Gasteiger partial charge in [0.05, 0.1) is 30.8 Å². The van der Waals surface area contributed by atoms with Crippen LogP contribution in [0.15, 0.2) is 28.7 Å². The van der Waals surface area contributed by atoms with Crippen molar-refractivity contribution in [1.29, 1.82) is 0 Å². The maximum atomic E-state index is 12.5. The highest BCUT2D eigenvalue weighted by molar-refractivity contribution is 9.10. The number of aryl methyl sites for hydroxylation is 3. The second kappa shape index (κ2) is 8.90. The van der Waals surface area contributed by atoms with Gasteiger partial charge < -0.3 is 20.1 Å². The summed E-state index contributed by atoms with van der Waals surface area (Å²) in [4.78, 5) is 24.8. The highest BCUT2D eigenvalue weighted by Gasteiger charge is 2.18. The summed E-state index contributed by atoms with van der Waals surface area (Å²) in [6, 6.07) is 7.26. The van der Waals surface area contributed by atoms with Crippen molar-refractivity contribution in [1.82, 2.24) is 5.32 Å². The Hall–Kier alpha value is -2.54. The number of nitrogens with one attached hydrogen (secondary N) is 2. The van der Waals surface area contributed by atoms with Gasteiger partial charge in [0.25, 0.3) is 5.91 Å². The molecule has 2 aromatic rings. The zero-order valence-corrected chi connectivity index (χ0v) is 17.6. The summed E-state index contributed by atoms with van der Waals surface area (Å²) >= 11 is 3.35. The molecule has 6 nitrogen and oxygen atoms in total. The quantitative estimate of drug-likeness (QED) is 0.725. The van der Waals surface area contributed by atoms with E-state index in [1.807, 2.05) is 32.9 Å². The number of ether oxygens (including phenoxy) is 2. The predicted octanol–water partition coefficient (Wildman–Crippen LogP) is 3.76. The molecule has 2 amide bonds. The molecular formula is C20H23BrN2O4. The van der Waals surface area contributed by atoms with Crippen LogP contribution in [0.1, 0.15) is 27.0 Å². The number of halogens is 1. The van der Waals surface area contributed by atoms with Crippen LogP contribution in [0.2, 0.25) is 0 Å². The van der Waals surface area contributed by atoms with Crippen LogP contribution in [0.25, 0.3) is 0 Å². The Labute approximate surface area is 167 Å². The number of carbonyl (C=O) groups is 2. The van der Waals surface area contributed by atoms with E-state index in [1.165, 1.54) is 14.2 Å². The zero-order valence-electron chi connectivity index (χ0n) is 16.0. The van der Waals surface area contributed by atoms with Crippen LogP contribution >= 0.6 is 15.9 Å². The maximum Gasteiger partial charge on any atom is 0.255 e. The lowest BCUT2D eigenvalue weighted by Gasteiger charge is -2.14. The molecule has 0 aromatic heterocycles. The minimum absolute atomic E-state index is 0.163. The average molecular weight is 435 g/mol. The predicted molar refractivity (Wildman–Crippen MR) is 109 cm³/mol. The molecule has 0 spiro atoms. The Morgan fingerprint density at radius 1 is 1.00 bits per heavy atom. The molecule has 2 aromatic carbocycles. The SMILES string of the molecule is COc1cc(Br)c(OC)c(C(=O)NCC(=O)Nc2c(C)cc(C)cc2C)c1. The smallest absolute Gasteiger partial charge is 0.255 e. The van der Waals surface area contributed by atoms with Crippen LogP contribution in [0.3, 0.4) is 0 Å². The van der Waals surface area contributed by atoms with E-state index in [9.17, 15) is 9.59 Å². The van der Waals surface area contributed by atoms with Gasteiger partial charge in [-0.15, -0.1) is 0 Å². The number of hydrogen-bond acceptors (Lipinski definition) is 4. The van der Waals surface area contributed by atoms with E-state index in [4.69, 9.17) is 9.47 Å². The summed E-state index contributed by atoms with van der Waals surface area (Å²) in [6.45, 7) is 5.72. The van der Waals surface area contributed by atoms with E-state index in [1.54, 1.807) is 12.1 Å². The van der Waals surface area contributed by atoms with Gasteiger partial charge in [0.1, 0.15) is 11.5 Å². The van der Waals surface area contributed by atoms with Crippen molar-refractivity contribution in [2.24, 2.45) is 0 Å². The number of hydrogen-bond donors (Lipinski definition) is 2. The Morgan fingerprint density at radius 3 is 2.19 bits per heavy atom. The molecule has 0 aliphatic heterocycles. The normalized spacial score (nSPS) is 10.3. The van der Waals surface area contributed by atoms with Gasteiger partial charge in [-0.05, 0) is 60.0 Å². The lowest BCUT2D eigenvalue weighted by Crippen LogP contribution is -2.33. The van der Waals surface area contributed by atoms with Gasteiger partial charge in [0, 0.05) is 5.69 Å². The minimum atomic E-state index is -0.432. The molecule has 0 saturated carbocycles. The van der Waals surface area contributed by atoms with Gasteiger partial charge in [-0.1, -0.05) is 17.7 Å². The molecular weight excluding hydrogens is 412 g/mol. The number of anilines is 1. The first-order valence-corrected chi connectivity index (χ1v) is 9.13. The monoisotopic (exact) mass is 434 g/mol. The molecule has 0 fully saturated rings. The van der Waals surface area contributed by atoms with Gasteiger partial charge in [-0.3, -0.25) is 9.59 Å². The second-order valence-electron chi connectivity index (χ2n) is 6.19. The Balaban J connectivity index is 2.10. The van der Waals surface area contributed by atoms with E-state index < -0.39 is 5.91 Å². The first-order chi connectivity index (χ1) is 12.8. The summed E-state index contributed by atoms with van der Waals surface area (Å²) in [7, 11) is 2.98. The number of amides is 2. The summed E-state index contributed by atoms with van der Waals surface area (Å²) in [5, 5.41) is 5.47. The van der Waals surface area contributed by atoms with Gasteiger partial charge in [-0.2, -0.15) is 0 Å². The minimum Gasteiger partial charge on any atom is -0.497 e. The van der Waals surface area contributed by atoms with E-state index >= 15 is 0 Å². The molecule has 2 rings (SSSR count). The van der Waals surface area contributed by atoms with Gasteiger partial charge in [-0.25, -0.2) is 0 Å². The fourth-order valence-electron chi connectivity index (χ4n) is 2.88. The zero-order chi connectivity index (χ0) is 20.1. The van der Waals surface area contributed by atoms with Crippen molar-refractivity contribution in [2.45, 2.75) is 20.8 Å². The first kappa shape index (κ1) is 20.8. The lowest BCUT2D eigenvalue weighted by molar-refractivity contribution is -0.115. The average Bonchev–Trinajstić information content (AvgIpc) is 2.61. The van der Waals surface area contributed by atoms with Crippen LogP contribution in [0.4, 0.5) is 5.69 Å². The highest BCUT2D eigenvalue weighted by Crippen LogP contribution is 2.33. The second-order valence-corrected chi connectivity index (χ2v) is 7.05. The molecule has 27 heavy (non-hydrogen) atoms. The molecule has 2 N–H and O–H groups in total. The van der Waals surface area contributed by atoms with Gasteiger partial charge >= 0.3 is 0 Å². The highest BCUT2D eigenvalue weighted by atomic mass is 79.9. The molecule has 0 saturated heterocycles. The first-order valence-electron chi connectivity index (χ1n) is 8.34. The van der Waals surface area contributed by atoms with Crippen molar-refractivity contribution in [3.8, 4) is 11.5 Å². The summed E-state index contributed by atoms with van der Waals surface area (Å²) in [5.74, 6) is 0.139. The third-order valence-corrected chi connectivity index (χ3v) is 4.64. The van der Waals surface area contributed by atoms with E-state index in [-0.39, 0.29) is 18.0 Å². The molecule has 7 heteroatoms. The lowest BCUT2D eigenvalue weighted by atomic mass is 10.1.